The zero-order chi connectivity index (χ0) is 7.40. The van der Waals surface area contributed by atoms with Crippen molar-refractivity contribution in [1.82, 2.24) is 5.16 Å². The number of hydrogen-bond donors (Lipinski definition) is 0. The van der Waals surface area contributed by atoms with Gasteiger partial charge in [-0.2, -0.15) is 5.26 Å². The molecule has 3 nitrogen and oxygen atoms in total. The summed E-state index contributed by atoms with van der Waals surface area (Å²) in [7, 11) is 0. The Hall–Kier alpha value is -1.30. The monoisotopic (exact) mass is 136 g/mol. The maximum atomic E-state index is 8.35. The first-order chi connectivity index (χ1) is 4.86. The second-order valence-electron chi connectivity index (χ2n) is 2.04. The van der Waals surface area contributed by atoms with E-state index in [9.17, 15) is 0 Å². The van der Waals surface area contributed by atoms with Crippen molar-refractivity contribution in [3.05, 3.63) is 17.5 Å². The highest BCUT2D eigenvalue weighted by atomic mass is 16.5. The van der Waals surface area contributed by atoms with Crippen molar-refractivity contribution in [2.75, 3.05) is 0 Å². The zero-order valence-corrected chi connectivity index (χ0v) is 5.79. The molecule has 0 aliphatic carbocycles. The second-order valence-corrected chi connectivity index (χ2v) is 2.04. The van der Waals surface area contributed by atoms with E-state index in [0.717, 1.165) is 18.6 Å². The van der Waals surface area contributed by atoms with Gasteiger partial charge >= 0.3 is 0 Å². The lowest BCUT2D eigenvalue weighted by Gasteiger charge is -1.83. The molecule has 3 heteroatoms. The van der Waals surface area contributed by atoms with Crippen molar-refractivity contribution >= 4 is 0 Å². The Labute approximate surface area is 59.2 Å². The quantitative estimate of drug-likeness (QED) is 0.619. The van der Waals surface area contributed by atoms with E-state index in [1.165, 1.54) is 0 Å². The Morgan fingerprint density at radius 3 is 3.10 bits per heavy atom. The van der Waals surface area contributed by atoms with Crippen LogP contribution in [0.3, 0.4) is 0 Å². The number of nitriles is 1. The number of rotatable bonds is 2. The van der Waals surface area contributed by atoms with Gasteiger partial charge < -0.3 is 4.52 Å². The highest BCUT2D eigenvalue weighted by Crippen LogP contribution is 2.04. The van der Waals surface area contributed by atoms with Crippen LogP contribution < -0.4 is 0 Å². The third kappa shape index (κ3) is 1.35. The van der Waals surface area contributed by atoms with Crippen LogP contribution in [0.15, 0.2) is 10.6 Å². The lowest BCUT2D eigenvalue weighted by molar-refractivity contribution is 0.380. The number of aromatic nitrogens is 1. The van der Waals surface area contributed by atoms with Crippen LogP contribution in [0.25, 0.3) is 0 Å². The topological polar surface area (TPSA) is 49.8 Å². The lowest BCUT2D eigenvalue weighted by atomic mass is 10.2. The minimum absolute atomic E-state index is 0.364. The smallest absolute Gasteiger partial charge is 0.183 e. The molecule has 10 heavy (non-hydrogen) atoms. The standard InChI is InChI=1S/C7H8N2O/c1-2-3-7-4-6(5-8)9-10-7/h4H,2-3H2,1H3. The van der Waals surface area contributed by atoms with Gasteiger partial charge in [-0.25, -0.2) is 0 Å². The van der Waals surface area contributed by atoms with Gasteiger partial charge in [0.05, 0.1) is 0 Å². The molecular formula is C7H8N2O. The molecule has 52 valence electrons. The first-order valence-corrected chi connectivity index (χ1v) is 3.22. The van der Waals surface area contributed by atoms with Crippen molar-refractivity contribution in [1.29, 1.82) is 5.26 Å². The SMILES string of the molecule is CCCc1cc(C#N)no1. The normalized spacial score (nSPS) is 9.20. The molecule has 0 fully saturated rings. The van der Waals surface area contributed by atoms with Crippen LogP contribution in [0.2, 0.25) is 0 Å². The van der Waals surface area contributed by atoms with E-state index in [0.29, 0.717) is 5.69 Å². The van der Waals surface area contributed by atoms with Crippen molar-refractivity contribution < 1.29 is 4.52 Å². The van der Waals surface area contributed by atoms with Crippen LogP contribution in [0.5, 0.6) is 0 Å². The minimum Gasteiger partial charge on any atom is -0.360 e. The second kappa shape index (κ2) is 3.02. The Bertz CT molecular complexity index is 246. The third-order valence-corrected chi connectivity index (χ3v) is 1.17. The summed E-state index contributed by atoms with van der Waals surface area (Å²) >= 11 is 0. The van der Waals surface area contributed by atoms with Gasteiger partial charge in [0.2, 0.25) is 0 Å². The summed E-state index contributed by atoms with van der Waals surface area (Å²) in [4.78, 5) is 0. The summed E-state index contributed by atoms with van der Waals surface area (Å²) in [5, 5.41) is 11.9. The molecule has 0 radical (unpaired) electrons. The molecule has 1 rings (SSSR count). The number of nitrogens with zero attached hydrogens (tertiary/aromatic N) is 2. The van der Waals surface area contributed by atoms with E-state index < -0.39 is 0 Å². The average Bonchev–Trinajstić information content (AvgIpc) is 2.37. The molecule has 1 heterocycles. The van der Waals surface area contributed by atoms with Gasteiger partial charge in [0.25, 0.3) is 0 Å². The predicted molar refractivity (Wildman–Crippen MR) is 35.2 cm³/mol. The maximum absolute atomic E-state index is 8.35. The molecule has 0 aromatic carbocycles. The molecule has 1 aromatic rings. The molecule has 0 saturated heterocycles. The van der Waals surface area contributed by atoms with E-state index in [4.69, 9.17) is 9.78 Å². The number of aryl methyl sites for hydroxylation is 1. The molecule has 0 amide bonds. The van der Waals surface area contributed by atoms with Gasteiger partial charge in [0.15, 0.2) is 5.69 Å². The molecule has 0 saturated carbocycles. The molecule has 0 aliphatic rings. The first kappa shape index (κ1) is 6.81. The van der Waals surface area contributed by atoms with Crippen LogP contribution in [0.1, 0.15) is 24.8 Å². The zero-order valence-electron chi connectivity index (χ0n) is 5.79. The highest BCUT2D eigenvalue weighted by molar-refractivity contribution is 5.19. The first-order valence-electron chi connectivity index (χ1n) is 3.22. The minimum atomic E-state index is 0.364. The summed E-state index contributed by atoms with van der Waals surface area (Å²) in [6, 6.07) is 3.57. The Morgan fingerprint density at radius 1 is 1.80 bits per heavy atom. The molecule has 0 bridgehead atoms. The fraction of sp³-hybridized carbons (Fsp3) is 0.429. The van der Waals surface area contributed by atoms with E-state index in [-0.39, 0.29) is 0 Å². The van der Waals surface area contributed by atoms with E-state index in [1.54, 1.807) is 6.07 Å². The van der Waals surface area contributed by atoms with Gasteiger partial charge in [-0.15, -0.1) is 0 Å². The number of hydrogen-bond acceptors (Lipinski definition) is 3. The van der Waals surface area contributed by atoms with Crippen molar-refractivity contribution in [2.45, 2.75) is 19.8 Å². The van der Waals surface area contributed by atoms with Crippen LogP contribution in [-0.4, -0.2) is 5.16 Å². The molecular weight excluding hydrogens is 128 g/mol. The van der Waals surface area contributed by atoms with Gasteiger partial charge in [-0.05, 0) is 6.42 Å². The maximum Gasteiger partial charge on any atom is 0.183 e. The molecule has 0 aliphatic heterocycles. The Morgan fingerprint density at radius 2 is 2.60 bits per heavy atom. The predicted octanol–water partition coefficient (Wildman–Crippen LogP) is 1.50. The summed E-state index contributed by atoms with van der Waals surface area (Å²) in [5.41, 5.74) is 0.364. The molecule has 0 unspecified atom stereocenters. The molecule has 1 aromatic heterocycles. The summed E-state index contributed by atoms with van der Waals surface area (Å²) in [6.45, 7) is 2.05. The largest absolute Gasteiger partial charge is 0.360 e. The summed E-state index contributed by atoms with van der Waals surface area (Å²) in [5.74, 6) is 0.791. The van der Waals surface area contributed by atoms with Crippen LogP contribution >= 0.6 is 0 Å². The lowest BCUT2D eigenvalue weighted by Crippen LogP contribution is -1.75. The summed E-state index contributed by atoms with van der Waals surface area (Å²) in [6.07, 6.45) is 1.87. The third-order valence-electron chi connectivity index (χ3n) is 1.17. The van der Waals surface area contributed by atoms with E-state index in [2.05, 4.69) is 12.1 Å². The van der Waals surface area contributed by atoms with E-state index in [1.807, 2.05) is 6.07 Å². The molecule has 0 N–H and O–H groups in total. The van der Waals surface area contributed by atoms with Crippen molar-refractivity contribution in [2.24, 2.45) is 0 Å². The molecule has 0 atom stereocenters. The van der Waals surface area contributed by atoms with Crippen molar-refractivity contribution in [3.63, 3.8) is 0 Å². The van der Waals surface area contributed by atoms with Gasteiger partial charge in [0, 0.05) is 12.5 Å². The van der Waals surface area contributed by atoms with Gasteiger partial charge in [-0.1, -0.05) is 12.1 Å². The highest BCUT2D eigenvalue weighted by Gasteiger charge is 1.99. The van der Waals surface area contributed by atoms with Gasteiger partial charge in [-0.3, -0.25) is 0 Å². The van der Waals surface area contributed by atoms with Crippen LogP contribution in [0.4, 0.5) is 0 Å². The van der Waals surface area contributed by atoms with Gasteiger partial charge in [0.1, 0.15) is 11.8 Å². The average molecular weight is 136 g/mol. The van der Waals surface area contributed by atoms with Crippen LogP contribution in [-0.2, 0) is 6.42 Å². The Kier molecular flexibility index (Phi) is 2.06. The van der Waals surface area contributed by atoms with Crippen LogP contribution in [0, 0.1) is 11.3 Å². The summed E-state index contributed by atoms with van der Waals surface area (Å²) < 4.78 is 4.82. The van der Waals surface area contributed by atoms with Crippen molar-refractivity contribution in [3.8, 4) is 6.07 Å². The Balaban J connectivity index is 2.71. The fourth-order valence-corrected chi connectivity index (χ4v) is 0.730. The van der Waals surface area contributed by atoms with E-state index >= 15 is 0 Å². The fourth-order valence-electron chi connectivity index (χ4n) is 0.730. The molecule has 0 spiro atoms.